The lowest BCUT2D eigenvalue weighted by Crippen LogP contribution is -2.44. The summed E-state index contributed by atoms with van der Waals surface area (Å²) in [5.41, 5.74) is 0.822. The molecule has 19 heavy (non-hydrogen) atoms. The standard InChI is InChI=1S/C13H20N2O4/c1-17-9-11-7-10(14-19-11)8-15-6-4-3-5-12(15)13(16)18-2/h7,12H,3-6,8-9H2,1-2H3. The molecular formula is C13H20N2O4. The van der Waals surface area contributed by atoms with E-state index in [0.29, 0.717) is 18.9 Å². The molecule has 106 valence electrons. The molecule has 0 spiro atoms. The Morgan fingerprint density at radius 2 is 2.37 bits per heavy atom. The van der Waals surface area contributed by atoms with E-state index in [1.54, 1.807) is 7.11 Å². The van der Waals surface area contributed by atoms with Crippen LogP contribution in [-0.2, 0) is 27.4 Å². The van der Waals surface area contributed by atoms with Gasteiger partial charge in [0.05, 0.1) is 12.8 Å². The predicted octanol–water partition coefficient (Wildman–Crippen LogP) is 1.35. The summed E-state index contributed by atoms with van der Waals surface area (Å²) in [6.45, 7) is 1.90. The molecule has 1 aromatic heterocycles. The Morgan fingerprint density at radius 3 is 3.11 bits per heavy atom. The van der Waals surface area contributed by atoms with Crippen LogP contribution in [0.25, 0.3) is 0 Å². The van der Waals surface area contributed by atoms with Crippen molar-refractivity contribution in [1.29, 1.82) is 0 Å². The van der Waals surface area contributed by atoms with Gasteiger partial charge in [-0.3, -0.25) is 9.69 Å². The Morgan fingerprint density at radius 1 is 1.53 bits per heavy atom. The molecular weight excluding hydrogens is 248 g/mol. The van der Waals surface area contributed by atoms with Crippen LogP contribution in [-0.4, -0.2) is 42.8 Å². The molecule has 0 aromatic carbocycles. The first-order chi connectivity index (χ1) is 9.24. The highest BCUT2D eigenvalue weighted by Crippen LogP contribution is 2.20. The monoisotopic (exact) mass is 268 g/mol. The van der Waals surface area contributed by atoms with Crippen LogP contribution >= 0.6 is 0 Å². The number of ether oxygens (including phenoxy) is 2. The highest BCUT2D eigenvalue weighted by atomic mass is 16.5. The lowest BCUT2D eigenvalue weighted by Gasteiger charge is -2.32. The van der Waals surface area contributed by atoms with Gasteiger partial charge in [-0.2, -0.15) is 0 Å². The molecule has 1 unspecified atom stereocenters. The van der Waals surface area contributed by atoms with Crippen LogP contribution in [0.2, 0.25) is 0 Å². The predicted molar refractivity (Wildman–Crippen MR) is 67.3 cm³/mol. The number of nitrogens with zero attached hydrogens (tertiary/aromatic N) is 2. The van der Waals surface area contributed by atoms with Crippen molar-refractivity contribution in [3.05, 3.63) is 17.5 Å². The van der Waals surface area contributed by atoms with E-state index in [0.717, 1.165) is 31.5 Å². The van der Waals surface area contributed by atoms with E-state index in [4.69, 9.17) is 14.0 Å². The molecule has 6 nitrogen and oxygen atoms in total. The van der Waals surface area contributed by atoms with Crippen molar-refractivity contribution in [2.75, 3.05) is 20.8 Å². The second-order valence-electron chi connectivity index (χ2n) is 4.72. The second kappa shape index (κ2) is 6.68. The minimum atomic E-state index is -0.166. The topological polar surface area (TPSA) is 64.8 Å². The number of likely N-dealkylation sites (tertiary alicyclic amines) is 1. The number of rotatable bonds is 5. The lowest BCUT2D eigenvalue weighted by molar-refractivity contribution is -0.148. The minimum absolute atomic E-state index is 0.165. The molecule has 1 fully saturated rings. The summed E-state index contributed by atoms with van der Waals surface area (Å²) in [6, 6.07) is 1.70. The van der Waals surface area contributed by atoms with Crippen molar-refractivity contribution >= 4 is 5.97 Å². The SMILES string of the molecule is COCc1cc(CN2CCCCC2C(=O)OC)no1. The molecule has 1 atom stereocenters. The summed E-state index contributed by atoms with van der Waals surface area (Å²) < 4.78 is 15.0. The lowest BCUT2D eigenvalue weighted by atomic mass is 10.0. The molecule has 0 bridgehead atoms. The first-order valence-corrected chi connectivity index (χ1v) is 6.50. The van der Waals surface area contributed by atoms with E-state index in [1.807, 2.05) is 6.07 Å². The molecule has 0 radical (unpaired) electrons. The van der Waals surface area contributed by atoms with Crippen molar-refractivity contribution in [3.63, 3.8) is 0 Å². The van der Waals surface area contributed by atoms with Gasteiger partial charge < -0.3 is 14.0 Å². The Bertz CT molecular complexity index is 419. The van der Waals surface area contributed by atoms with Crippen molar-refractivity contribution in [1.82, 2.24) is 10.1 Å². The Hall–Kier alpha value is -1.40. The zero-order valence-electron chi connectivity index (χ0n) is 11.4. The summed E-state index contributed by atoms with van der Waals surface area (Å²) >= 11 is 0. The summed E-state index contributed by atoms with van der Waals surface area (Å²) in [5.74, 6) is 0.532. The fourth-order valence-electron chi connectivity index (χ4n) is 2.43. The first-order valence-electron chi connectivity index (χ1n) is 6.50. The normalized spacial score (nSPS) is 20.4. The maximum absolute atomic E-state index is 11.7. The zero-order valence-corrected chi connectivity index (χ0v) is 11.4. The third kappa shape index (κ3) is 3.54. The van der Waals surface area contributed by atoms with Gasteiger partial charge in [-0.05, 0) is 19.4 Å². The molecule has 2 rings (SSSR count). The Labute approximate surface area is 112 Å². The van der Waals surface area contributed by atoms with Crippen molar-refractivity contribution < 1.29 is 18.8 Å². The van der Waals surface area contributed by atoms with E-state index in [9.17, 15) is 4.79 Å². The number of esters is 1. The third-order valence-electron chi connectivity index (χ3n) is 3.35. The van der Waals surface area contributed by atoms with E-state index >= 15 is 0 Å². The number of hydrogen-bond donors (Lipinski definition) is 0. The van der Waals surface area contributed by atoms with E-state index in [2.05, 4.69) is 10.1 Å². The third-order valence-corrected chi connectivity index (χ3v) is 3.35. The highest BCUT2D eigenvalue weighted by molar-refractivity contribution is 5.75. The molecule has 1 aromatic rings. The van der Waals surface area contributed by atoms with Gasteiger partial charge in [-0.25, -0.2) is 0 Å². The van der Waals surface area contributed by atoms with Crippen LogP contribution in [0.4, 0.5) is 0 Å². The van der Waals surface area contributed by atoms with Gasteiger partial charge >= 0.3 is 5.97 Å². The molecule has 1 saturated heterocycles. The second-order valence-corrected chi connectivity index (χ2v) is 4.72. The number of carbonyl (C=O) groups is 1. The van der Waals surface area contributed by atoms with Crippen LogP contribution in [0.15, 0.2) is 10.6 Å². The Balaban J connectivity index is 2.00. The van der Waals surface area contributed by atoms with Crippen molar-refractivity contribution in [3.8, 4) is 0 Å². The summed E-state index contributed by atoms with van der Waals surface area (Å²) in [4.78, 5) is 13.8. The number of hydrogen-bond acceptors (Lipinski definition) is 6. The molecule has 1 aliphatic rings. The van der Waals surface area contributed by atoms with Gasteiger partial charge in [0.25, 0.3) is 0 Å². The van der Waals surface area contributed by atoms with Crippen LogP contribution in [0, 0.1) is 0 Å². The van der Waals surface area contributed by atoms with E-state index in [1.165, 1.54) is 7.11 Å². The number of piperidine rings is 1. The molecule has 6 heteroatoms. The fraction of sp³-hybridized carbons (Fsp3) is 0.692. The van der Waals surface area contributed by atoms with Crippen LogP contribution in [0.3, 0.4) is 0 Å². The maximum Gasteiger partial charge on any atom is 0.323 e. The minimum Gasteiger partial charge on any atom is -0.468 e. The molecule has 0 saturated carbocycles. The quantitative estimate of drug-likeness (QED) is 0.751. The van der Waals surface area contributed by atoms with Gasteiger partial charge in [0.2, 0.25) is 0 Å². The zero-order chi connectivity index (χ0) is 13.7. The summed E-state index contributed by atoms with van der Waals surface area (Å²) in [5, 5.41) is 4.00. The average molecular weight is 268 g/mol. The summed E-state index contributed by atoms with van der Waals surface area (Å²) in [7, 11) is 3.04. The van der Waals surface area contributed by atoms with Crippen LogP contribution in [0.1, 0.15) is 30.7 Å². The van der Waals surface area contributed by atoms with Crippen LogP contribution in [0.5, 0.6) is 0 Å². The van der Waals surface area contributed by atoms with Crippen LogP contribution < -0.4 is 0 Å². The van der Waals surface area contributed by atoms with Gasteiger partial charge in [-0.15, -0.1) is 0 Å². The van der Waals surface area contributed by atoms with Gasteiger partial charge in [0, 0.05) is 19.7 Å². The maximum atomic E-state index is 11.7. The molecule has 2 heterocycles. The van der Waals surface area contributed by atoms with Gasteiger partial charge in [0.15, 0.2) is 5.76 Å². The molecule has 1 aliphatic heterocycles. The highest BCUT2D eigenvalue weighted by Gasteiger charge is 2.29. The summed E-state index contributed by atoms with van der Waals surface area (Å²) in [6.07, 6.45) is 3.00. The van der Waals surface area contributed by atoms with Crippen molar-refractivity contribution in [2.45, 2.75) is 38.5 Å². The molecule has 0 N–H and O–H groups in total. The Kier molecular flexibility index (Phi) is 4.93. The van der Waals surface area contributed by atoms with E-state index < -0.39 is 0 Å². The van der Waals surface area contributed by atoms with E-state index in [-0.39, 0.29) is 12.0 Å². The number of methoxy groups -OCH3 is 2. The smallest absolute Gasteiger partial charge is 0.323 e. The van der Waals surface area contributed by atoms with Gasteiger partial charge in [-0.1, -0.05) is 11.6 Å². The number of carbonyl (C=O) groups excluding carboxylic acids is 1. The number of aromatic nitrogens is 1. The molecule has 0 amide bonds. The first kappa shape index (κ1) is 14.0. The fourth-order valence-corrected chi connectivity index (χ4v) is 2.43. The van der Waals surface area contributed by atoms with Gasteiger partial charge in [0.1, 0.15) is 12.6 Å². The average Bonchev–Trinajstić information content (AvgIpc) is 2.86. The largest absolute Gasteiger partial charge is 0.468 e. The molecule has 0 aliphatic carbocycles. The van der Waals surface area contributed by atoms with Crippen molar-refractivity contribution in [2.24, 2.45) is 0 Å².